The highest BCUT2D eigenvalue weighted by molar-refractivity contribution is 6.33. The number of hydrogen-bond donors (Lipinski definition) is 1. The number of likely N-dealkylation sites (N-methyl/N-ethyl adjacent to an activating group) is 1. The lowest BCUT2D eigenvalue weighted by molar-refractivity contribution is -0.123. The molecule has 36 heavy (non-hydrogen) atoms. The number of fused-ring (bicyclic) bond motifs is 2. The summed E-state index contributed by atoms with van der Waals surface area (Å²) >= 11 is 12.7. The summed E-state index contributed by atoms with van der Waals surface area (Å²) in [4.78, 5) is 31.3. The molecule has 1 amide bonds. The molecule has 3 aromatic carbocycles. The molecule has 8 nitrogen and oxygen atoms in total. The van der Waals surface area contributed by atoms with Crippen molar-refractivity contribution in [1.82, 2.24) is 20.1 Å². The zero-order valence-electron chi connectivity index (χ0n) is 19.5. The molecule has 10 heteroatoms. The lowest BCUT2D eigenvalue weighted by Gasteiger charge is -2.20. The first-order valence-corrected chi connectivity index (χ1v) is 11.7. The van der Waals surface area contributed by atoms with Gasteiger partial charge in [-0.3, -0.25) is 9.59 Å². The minimum atomic E-state index is -1.10. The van der Waals surface area contributed by atoms with Gasteiger partial charge in [0, 0.05) is 29.9 Å². The van der Waals surface area contributed by atoms with Crippen LogP contribution in [0.3, 0.4) is 0 Å². The summed E-state index contributed by atoms with van der Waals surface area (Å²) < 4.78 is 12.2. The Bertz CT molecular complexity index is 1710. The molecule has 2 aromatic heterocycles. The monoisotopic (exact) mass is 522 g/mol. The number of halogens is 2. The highest BCUT2D eigenvalue weighted by Gasteiger charge is 2.27. The molecule has 1 unspecified atom stereocenters. The van der Waals surface area contributed by atoms with Gasteiger partial charge < -0.3 is 14.5 Å². The number of oxazole rings is 1. The van der Waals surface area contributed by atoms with Crippen molar-refractivity contribution in [3.8, 4) is 17.0 Å². The van der Waals surface area contributed by atoms with Crippen LogP contribution < -0.4 is 15.6 Å². The van der Waals surface area contributed by atoms with Crippen molar-refractivity contribution in [3.05, 3.63) is 86.5 Å². The maximum absolute atomic E-state index is 13.8. The Kier molecular flexibility index (Phi) is 6.15. The number of nitrogens with zero attached hydrogens (tertiary/aromatic N) is 3. The zero-order chi connectivity index (χ0) is 25.6. The van der Waals surface area contributed by atoms with Crippen molar-refractivity contribution >= 4 is 51.0 Å². The number of ether oxygens (including phenoxy) is 1. The Morgan fingerprint density at radius 3 is 2.64 bits per heavy atom. The summed E-state index contributed by atoms with van der Waals surface area (Å²) in [6.07, 6.45) is 0. The van der Waals surface area contributed by atoms with Crippen LogP contribution in [0.5, 0.6) is 5.75 Å². The van der Waals surface area contributed by atoms with Crippen LogP contribution in [0.25, 0.3) is 33.1 Å². The van der Waals surface area contributed by atoms with Gasteiger partial charge in [0.1, 0.15) is 11.3 Å². The maximum Gasteiger partial charge on any atom is 0.275 e. The number of carbonyl (C=O) groups is 1. The van der Waals surface area contributed by atoms with E-state index in [0.717, 1.165) is 4.68 Å². The van der Waals surface area contributed by atoms with E-state index in [9.17, 15) is 9.59 Å². The van der Waals surface area contributed by atoms with Gasteiger partial charge in [-0.05, 0) is 42.0 Å². The second-order valence-corrected chi connectivity index (χ2v) is 8.96. The second kappa shape index (κ2) is 9.29. The molecule has 0 radical (unpaired) electrons. The molecule has 5 aromatic rings. The van der Waals surface area contributed by atoms with Crippen molar-refractivity contribution in [2.24, 2.45) is 0 Å². The molecule has 5 rings (SSSR count). The van der Waals surface area contributed by atoms with E-state index in [1.165, 1.54) is 14.2 Å². The number of aryl methyl sites for hydroxylation is 1. The summed E-state index contributed by atoms with van der Waals surface area (Å²) in [5.74, 6) is 0.385. The third-order valence-electron chi connectivity index (χ3n) is 5.87. The van der Waals surface area contributed by atoms with Crippen molar-refractivity contribution in [2.45, 2.75) is 13.0 Å². The predicted octanol–water partition coefficient (Wildman–Crippen LogP) is 5.16. The summed E-state index contributed by atoms with van der Waals surface area (Å²) in [5, 5.41) is 8.92. The van der Waals surface area contributed by atoms with E-state index in [1.807, 2.05) is 6.07 Å². The van der Waals surface area contributed by atoms with Crippen LogP contribution in [0, 0.1) is 6.92 Å². The van der Waals surface area contributed by atoms with Gasteiger partial charge >= 0.3 is 0 Å². The largest absolute Gasteiger partial charge is 0.495 e. The Labute approximate surface area is 215 Å². The number of aromatic nitrogens is 3. The normalized spacial score (nSPS) is 12.1. The highest BCUT2D eigenvalue weighted by atomic mass is 35.5. The van der Waals surface area contributed by atoms with E-state index in [-0.39, 0.29) is 5.39 Å². The van der Waals surface area contributed by atoms with Crippen LogP contribution in [-0.2, 0) is 4.79 Å². The fraction of sp³-hybridized carbons (Fsp3) is 0.154. The molecule has 0 bridgehead atoms. The third-order valence-corrected chi connectivity index (χ3v) is 6.40. The molecular weight excluding hydrogens is 503 g/mol. The van der Waals surface area contributed by atoms with Gasteiger partial charge in [0.2, 0.25) is 5.91 Å². The minimum Gasteiger partial charge on any atom is -0.495 e. The van der Waals surface area contributed by atoms with Crippen molar-refractivity contribution in [2.75, 3.05) is 14.2 Å². The Morgan fingerprint density at radius 2 is 1.92 bits per heavy atom. The summed E-state index contributed by atoms with van der Waals surface area (Å²) in [5.41, 5.74) is 2.24. The molecular formula is C26H20Cl2N4O4. The van der Waals surface area contributed by atoms with Gasteiger partial charge in [0.25, 0.3) is 5.56 Å². The molecule has 182 valence electrons. The molecule has 0 aliphatic rings. The molecule has 0 saturated heterocycles. The Morgan fingerprint density at radius 1 is 1.11 bits per heavy atom. The van der Waals surface area contributed by atoms with Crippen LogP contribution >= 0.6 is 23.2 Å². The number of benzene rings is 3. The smallest absolute Gasteiger partial charge is 0.275 e. The number of carbonyl (C=O) groups excluding carboxylic acids is 1. The first-order chi connectivity index (χ1) is 17.3. The molecule has 2 heterocycles. The van der Waals surface area contributed by atoms with Crippen molar-refractivity contribution in [1.29, 1.82) is 0 Å². The first kappa shape index (κ1) is 23.8. The predicted molar refractivity (Wildman–Crippen MR) is 139 cm³/mol. The van der Waals surface area contributed by atoms with Gasteiger partial charge in [-0.1, -0.05) is 41.4 Å². The van der Waals surface area contributed by atoms with E-state index in [2.05, 4.69) is 15.4 Å². The Hall–Kier alpha value is -3.88. The molecule has 0 aliphatic carbocycles. The molecule has 1 atom stereocenters. The highest BCUT2D eigenvalue weighted by Crippen LogP contribution is 2.34. The zero-order valence-corrected chi connectivity index (χ0v) is 21.0. The quantitative estimate of drug-likeness (QED) is 0.342. The lowest BCUT2D eigenvalue weighted by atomic mass is 10.0. The second-order valence-electron chi connectivity index (χ2n) is 8.12. The number of methoxy groups -OCH3 is 1. The van der Waals surface area contributed by atoms with Crippen LogP contribution in [0.15, 0.2) is 63.8 Å². The number of amides is 1. The third kappa shape index (κ3) is 4.08. The van der Waals surface area contributed by atoms with Crippen molar-refractivity contribution < 1.29 is 13.9 Å². The average molecular weight is 523 g/mol. The first-order valence-electron chi connectivity index (χ1n) is 11.0. The van der Waals surface area contributed by atoms with E-state index in [0.29, 0.717) is 55.0 Å². The van der Waals surface area contributed by atoms with Gasteiger partial charge in [0.15, 0.2) is 17.5 Å². The molecule has 0 aliphatic heterocycles. The van der Waals surface area contributed by atoms with Gasteiger partial charge in [0.05, 0.1) is 23.2 Å². The standard InChI is InChI=1S/C26H20Cl2N4O4/c1-13-30-20-8-7-15(10-22(20)36-13)24(25(33)29-2)32-26(34)18-12-21(35-3)19(28)11-17(18)23(31-32)14-5-4-6-16(27)9-14/h4-12,24H,1-3H3,(H,29,33). The molecule has 0 spiro atoms. The van der Waals surface area contributed by atoms with E-state index < -0.39 is 17.5 Å². The Balaban J connectivity index is 1.85. The van der Waals surface area contributed by atoms with E-state index in [1.54, 1.807) is 55.5 Å². The number of rotatable bonds is 5. The van der Waals surface area contributed by atoms with Gasteiger partial charge in [-0.15, -0.1) is 0 Å². The molecule has 1 N–H and O–H groups in total. The molecule has 0 saturated carbocycles. The number of nitrogens with one attached hydrogen (secondary N) is 1. The molecule has 0 fully saturated rings. The summed E-state index contributed by atoms with van der Waals surface area (Å²) in [6, 6.07) is 14.3. The van der Waals surface area contributed by atoms with Crippen LogP contribution in [0.2, 0.25) is 10.0 Å². The lowest BCUT2D eigenvalue weighted by Crippen LogP contribution is -2.38. The SMILES string of the molecule is CNC(=O)C(c1ccc2nc(C)oc2c1)n1nc(-c2cccc(Cl)c2)c2cc(Cl)c(OC)cc2c1=O. The summed E-state index contributed by atoms with van der Waals surface area (Å²) in [6.45, 7) is 1.74. The van der Waals surface area contributed by atoms with E-state index in [4.69, 9.17) is 32.4 Å². The fourth-order valence-corrected chi connectivity index (χ4v) is 4.64. The van der Waals surface area contributed by atoms with Crippen LogP contribution in [0.4, 0.5) is 0 Å². The van der Waals surface area contributed by atoms with E-state index >= 15 is 0 Å². The topological polar surface area (TPSA) is 99.2 Å². The number of hydrogen-bond acceptors (Lipinski definition) is 6. The van der Waals surface area contributed by atoms with Crippen LogP contribution in [0.1, 0.15) is 17.5 Å². The van der Waals surface area contributed by atoms with Gasteiger partial charge in [-0.25, -0.2) is 9.67 Å². The van der Waals surface area contributed by atoms with Crippen molar-refractivity contribution in [3.63, 3.8) is 0 Å². The summed E-state index contributed by atoms with van der Waals surface area (Å²) in [7, 11) is 2.96. The average Bonchev–Trinajstić information content (AvgIpc) is 3.24. The van der Waals surface area contributed by atoms with Gasteiger partial charge in [-0.2, -0.15) is 5.10 Å². The minimum absolute atomic E-state index is 0.284. The maximum atomic E-state index is 13.8. The van der Waals surface area contributed by atoms with Crippen LogP contribution in [-0.4, -0.2) is 34.8 Å². The fourth-order valence-electron chi connectivity index (χ4n) is 4.20.